The fraction of sp³-hybridized carbons (Fsp3) is 0.182. The molecule has 0 fully saturated rings. The minimum absolute atomic E-state index is 0.240. The molecule has 1 aliphatic rings. The molecule has 3 aromatic rings. The van der Waals surface area contributed by atoms with Crippen molar-refractivity contribution >= 4 is 28.7 Å². The third-order valence-corrected chi connectivity index (χ3v) is 4.50. The number of esters is 1. The lowest BCUT2D eigenvalue weighted by atomic mass is 10.1. The molecule has 0 amide bonds. The molecule has 2 heterocycles. The fourth-order valence-corrected chi connectivity index (χ4v) is 3.22. The van der Waals surface area contributed by atoms with Gasteiger partial charge in [-0.25, -0.2) is 4.79 Å². The van der Waals surface area contributed by atoms with Crippen molar-refractivity contribution < 1.29 is 23.8 Å². The highest BCUT2D eigenvalue weighted by atomic mass is 16.6. The van der Waals surface area contributed by atoms with Gasteiger partial charge in [-0.2, -0.15) is 0 Å². The Labute approximate surface area is 161 Å². The maximum Gasteiger partial charge on any atom is 0.331 e. The van der Waals surface area contributed by atoms with Gasteiger partial charge in [0.15, 0.2) is 18.1 Å². The molecule has 0 bridgehead atoms. The van der Waals surface area contributed by atoms with Crippen LogP contribution < -0.4 is 9.47 Å². The minimum Gasteiger partial charge on any atom is -0.486 e. The Morgan fingerprint density at radius 3 is 2.75 bits per heavy atom. The van der Waals surface area contributed by atoms with E-state index in [9.17, 15) is 9.59 Å². The number of hydrogen-bond donors (Lipinski definition) is 1. The number of hydrogen-bond acceptors (Lipinski definition) is 5. The molecule has 6 nitrogen and oxygen atoms in total. The van der Waals surface area contributed by atoms with Gasteiger partial charge in [0.2, 0.25) is 5.78 Å². The quantitative estimate of drug-likeness (QED) is 0.417. The first-order chi connectivity index (χ1) is 13.6. The van der Waals surface area contributed by atoms with Crippen molar-refractivity contribution in [2.24, 2.45) is 0 Å². The number of para-hydroxylation sites is 1. The number of ketones is 1. The highest BCUT2D eigenvalue weighted by Crippen LogP contribution is 2.31. The third kappa shape index (κ3) is 3.62. The second kappa shape index (κ2) is 7.60. The molecule has 4 rings (SSSR count). The summed E-state index contributed by atoms with van der Waals surface area (Å²) < 4.78 is 16.1. The van der Waals surface area contributed by atoms with Crippen LogP contribution in [-0.4, -0.2) is 36.6 Å². The number of Topliss-reactive ketones (excluding diaryl/α,β-unsaturated/α-hetero) is 1. The molecule has 1 N–H and O–H groups in total. The summed E-state index contributed by atoms with van der Waals surface area (Å²) in [7, 11) is 0. The number of H-pyrrole nitrogens is 1. The molecule has 0 spiro atoms. The summed E-state index contributed by atoms with van der Waals surface area (Å²) in [5.41, 5.74) is 2.97. The summed E-state index contributed by atoms with van der Waals surface area (Å²) in [6, 6.07) is 12.9. The van der Waals surface area contributed by atoms with Gasteiger partial charge in [0.25, 0.3) is 0 Å². The molecule has 0 saturated heterocycles. The van der Waals surface area contributed by atoms with E-state index in [1.165, 1.54) is 6.08 Å². The second-order valence-electron chi connectivity index (χ2n) is 6.44. The number of aryl methyl sites for hydroxylation is 1. The first-order valence-electron chi connectivity index (χ1n) is 8.97. The zero-order valence-electron chi connectivity index (χ0n) is 15.4. The topological polar surface area (TPSA) is 77.6 Å². The van der Waals surface area contributed by atoms with Crippen molar-refractivity contribution in [2.45, 2.75) is 6.92 Å². The molecule has 6 heteroatoms. The Morgan fingerprint density at radius 2 is 1.89 bits per heavy atom. The van der Waals surface area contributed by atoms with Crippen LogP contribution in [0, 0.1) is 6.92 Å². The summed E-state index contributed by atoms with van der Waals surface area (Å²) in [6.07, 6.45) is 2.91. The smallest absolute Gasteiger partial charge is 0.331 e. The predicted molar refractivity (Wildman–Crippen MR) is 105 cm³/mol. The Bertz CT molecular complexity index is 1080. The van der Waals surface area contributed by atoms with Crippen LogP contribution in [0.2, 0.25) is 0 Å². The van der Waals surface area contributed by atoms with Crippen molar-refractivity contribution in [3.63, 3.8) is 0 Å². The van der Waals surface area contributed by atoms with Crippen molar-refractivity contribution in [1.29, 1.82) is 0 Å². The van der Waals surface area contributed by atoms with Crippen LogP contribution in [0.5, 0.6) is 11.5 Å². The van der Waals surface area contributed by atoms with Crippen LogP contribution in [0.3, 0.4) is 0 Å². The van der Waals surface area contributed by atoms with Crippen molar-refractivity contribution in [3.8, 4) is 11.5 Å². The van der Waals surface area contributed by atoms with Crippen molar-refractivity contribution in [1.82, 2.24) is 4.98 Å². The normalized spacial score (nSPS) is 13.0. The lowest BCUT2D eigenvalue weighted by Gasteiger charge is -2.18. The van der Waals surface area contributed by atoms with Gasteiger partial charge in [-0.1, -0.05) is 24.3 Å². The van der Waals surface area contributed by atoms with Gasteiger partial charge in [-0.3, -0.25) is 4.79 Å². The number of ether oxygens (including phenoxy) is 3. The lowest BCUT2D eigenvalue weighted by molar-refractivity contribution is -0.136. The van der Waals surface area contributed by atoms with Crippen LogP contribution in [0.15, 0.2) is 48.5 Å². The number of fused-ring (bicyclic) bond motifs is 2. The van der Waals surface area contributed by atoms with Gasteiger partial charge in [0, 0.05) is 28.2 Å². The highest BCUT2D eigenvalue weighted by Gasteiger charge is 2.17. The first kappa shape index (κ1) is 17.9. The molecule has 28 heavy (non-hydrogen) atoms. The van der Waals surface area contributed by atoms with E-state index in [4.69, 9.17) is 14.2 Å². The van der Waals surface area contributed by atoms with Crippen LogP contribution >= 0.6 is 0 Å². The zero-order valence-corrected chi connectivity index (χ0v) is 15.4. The summed E-state index contributed by atoms with van der Waals surface area (Å²) in [5.74, 6) is 0.509. The van der Waals surface area contributed by atoms with E-state index in [0.29, 0.717) is 30.3 Å². The molecule has 0 unspecified atom stereocenters. The van der Waals surface area contributed by atoms with E-state index in [2.05, 4.69) is 4.98 Å². The van der Waals surface area contributed by atoms with Gasteiger partial charge in [-0.05, 0) is 36.8 Å². The summed E-state index contributed by atoms with van der Waals surface area (Å²) in [4.78, 5) is 27.7. The van der Waals surface area contributed by atoms with Gasteiger partial charge in [-0.15, -0.1) is 0 Å². The monoisotopic (exact) mass is 377 g/mol. The Morgan fingerprint density at radius 1 is 1.11 bits per heavy atom. The van der Waals surface area contributed by atoms with Crippen LogP contribution in [0.4, 0.5) is 0 Å². The Kier molecular flexibility index (Phi) is 4.85. The highest BCUT2D eigenvalue weighted by molar-refractivity contribution is 6.10. The third-order valence-electron chi connectivity index (χ3n) is 4.50. The van der Waals surface area contributed by atoms with E-state index in [0.717, 1.165) is 22.2 Å². The number of carbonyl (C=O) groups is 2. The number of aromatic nitrogens is 1. The number of nitrogens with one attached hydrogen (secondary N) is 1. The molecular weight excluding hydrogens is 358 g/mol. The largest absolute Gasteiger partial charge is 0.486 e. The molecule has 142 valence electrons. The van der Waals surface area contributed by atoms with Gasteiger partial charge in [0.05, 0.1) is 0 Å². The predicted octanol–water partition coefficient (Wildman–Crippen LogP) is 3.69. The van der Waals surface area contributed by atoms with Crippen molar-refractivity contribution in [2.75, 3.05) is 19.8 Å². The fourth-order valence-electron chi connectivity index (χ4n) is 3.22. The molecule has 2 aromatic carbocycles. The first-order valence-corrected chi connectivity index (χ1v) is 8.97. The van der Waals surface area contributed by atoms with Gasteiger partial charge >= 0.3 is 5.97 Å². The minimum atomic E-state index is -0.583. The van der Waals surface area contributed by atoms with Crippen LogP contribution in [0.1, 0.15) is 21.6 Å². The zero-order chi connectivity index (χ0) is 19.5. The second-order valence-corrected chi connectivity index (χ2v) is 6.44. The Balaban J connectivity index is 1.39. The maximum absolute atomic E-state index is 12.5. The average Bonchev–Trinajstić information content (AvgIpc) is 3.06. The molecule has 1 aromatic heterocycles. The molecule has 0 aliphatic carbocycles. The standard InChI is InChI=1S/C22H19NO5/c1-14-22(16-4-2-3-5-17(16)23-14)18(24)13-28-21(25)9-7-15-6-8-19-20(12-15)27-11-10-26-19/h2-9,12,23H,10-11,13H2,1H3/b9-7+. The number of carbonyl (C=O) groups excluding carboxylic acids is 2. The average molecular weight is 377 g/mol. The molecule has 1 aliphatic heterocycles. The van der Waals surface area contributed by atoms with Gasteiger partial charge < -0.3 is 19.2 Å². The Hall–Kier alpha value is -3.54. The van der Waals surface area contributed by atoms with E-state index in [1.54, 1.807) is 18.2 Å². The summed E-state index contributed by atoms with van der Waals surface area (Å²) in [6.45, 7) is 2.54. The summed E-state index contributed by atoms with van der Waals surface area (Å²) >= 11 is 0. The van der Waals surface area contributed by atoms with E-state index in [-0.39, 0.29) is 12.4 Å². The summed E-state index contributed by atoms with van der Waals surface area (Å²) in [5, 5.41) is 0.827. The molecule has 0 atom stereocenters. The molecular formula is C22H19NO5. The van der Waals surface area contributed by atoms with E-state index < -0.39 is 5.97 Å². The lowest BCUT2D eigenvalue weighted by Crippen LogP contribution is -2.15. The SMILES string of the molecule is Cc1[nH]c2ccccc2c1C(=O)COC(=O)/C=C/c1ccc2c(c1)OCCO2. The van der Waals surface area contributed by atoms with Crippen LogP contribution in [-0.2, 0) is 9.53 Å². The van der Waals surface area contributed by atoms with Gasteiger partial charge in [0.1, 0.15) is 13.2 Å². The van der Waals surface area contributed by atoms with Crippen molar-refractivity contribution in [3.05, 3.63) is 65.4 Å². The molecule has 0 radical (unpaired) electrons. The number of aromatic amines is 1. The number of rotatable bonds is 5. The van der Waals surface area contributed by atoms with Crippen LogP contribution in [0.25, 0.3) is 17.0 Å². The maximum atomic E-state index is 12.5. The number of benzene rings is 2. The molecule has 0 saturated carbocycles. The van der Waals surface area contributed by atoms with E-state index in [1.807, 2.05) is 37.3 Å². The van der Waals surface area contributed by atoms with E-state index >= 15 is 0 Å².